The van der Waals surface area contributed by atoms with Gasteiger partial charge in [0.15, 0.2) is 0 Å². The van der Waals surface area contributed by atoms with E-state index >= 15 is 0 Å². The number of carbonyl (C=O) groups excluding carboxylic acids is 2. The number of imide groups is 1. The van der Waals surface area contributed by atoms with Gasteiger partial charge in [-0.2, -0.15) is 0 Å². The molecular formula is C17H13NO2S. The van der Waals surface area contributed by atoms with Crippen molar-refractivity contribution in [1.82, 2.24) is 0 Å². The van der Waals surface area contributed by atoms with Crippen LogP contribution in [0.4, 0.5) is 5.69 Å². The summed E-state index contributed by atoms with van der Waals surface area (Å²) in [6, 6.07) is 19.0. The molecule has 2 aromatic rings. The van der Waals surface area contributed by atoms with E-state index < -0.39 is 4.75 Å². The number of para-hydroxylation sites is 1. The van der Waals surface area contributed by atoms with Crippen molar-refractivity contribution in [2.24, 2.45) is 5.92 Å². The highest BCUT2D eigenvalue weighted by molar-refractivity contribution is 8.02. The molecule has 1 heterocycles. The molecule has 0 spiro atoms. The van der Waals surface area contributed by atoms with Gasteiger partial charge in [-0.25, -0.2) is 4.90 Å². The maximum absolute atomic E-state index is 12.8. The second kappa shape index (κ2) is 4.46. The molecule has 0 radical (unpaired) electrons. The predicted octanol–water partition coefficient (Wildman–Crippen LogP) is 3.11. The SMILES string of the molecule is O=C1[C@@H]2C[C@]2(Sc2ccccc2)C(=O)N1c1ccccc1. The van der Waals surface area contributed by atoms with Gasteiger partial charge in [0.25, 0.3) is 5.91 Å². The Morgan fingerprint density at radius 3 is 2.24 bits per heavy atom. The lowest BCUT2D eigenvalue weighted by Crippen LogP contribution is -2.36. The first-order chi connectivity index (χ1) is 10.2. The van der Waals surface area contributed by atoms with Gasteiger partial charge >= 0.3 is 0 Å². The van der Waals surface area contributed by atoms with E-state index in [2.05, 4.69) is 0 Å². The molecule has 3 nitrogen and oxygen atoms in total. The number of rotatable bonds is 3. The Morgan fingerprint density at radius 1 is 0.952 bits per heavy atom. The highest BCUT2D eigenvalue weighted by atomic mass is 32.2. The molecule has 21 heavy (non-hydrogen) atoms. The first kappa shape index (κ1) is 12.7. The predicted molar refractivity (Wildman–Crippen MR) is 82.1 cm³/mol. The third kappa shape index (κ3) is 1.83. The second-order valence-corrected chi connectivity index (χ2v) is 6.78. The average Bonchev–Trinajstić information content (AvgIpc) is 3.20. The standard InChI is InChI=1S/C17H13NO2S/c19-15-14-11-17(14,21-13-9-5-2-6-10-13)16(20)18(15)12-7-3-1-4-8-12/h1-10,14H,11H2/t14-,17+/m0/s1. The van der Waals surface area contributed by atoms with Crippen LogP contribution >= 0.6 is 11.8 Å². The van der Waals surface area contributed by atoms with Gasteiger partial charge in [0.2, 0.25) is 5.91 Å². The van der Waals surface area contributed by atoms with Crippen LogP contribution in [0.3, 0.4) is 0 Å². The Morgan fingerprint density at radius 2 is 1.57 bits per heavy atom. The molecule has 104 valence electrons. The summed E-state index contributed by atoms with van der Waals surface area (Å²) >= 11 is 1.53. The van der Waals surface area contributed by atoms with Gasteiger partial charge in [-0.1, -0.05) is 36.4 Å². The fourth-order valence-electron chi connectivity index (χ4n) is 2.89. The Hall–Kier alpha value is -2.07. The van der Waals surface area contributed by atoms with E-state index in [1.807, 2.05) is 48.5 Å². The largest absolute Gasteiger partial charge is 0.274 e. The number of benzene rings is 2. The van der Waals surface area contributed by atoms with Crippen molar-refractivity contribution in [3.8, 4) is 0 Å². The molecule has 1 saturated carbocycles. The minimum atomic E-state index is -0.575. The van der Waals surface area contributed by atoms with Crippen molar-refractivity contribution in [2.75, 3.05) is 4.90 Å². The number of nitrogens with zero attached hydrogens (tertiary/aromatic N) is 1. The molecule has 1 saturated heterocycles. The smallest absolute Gasteiger partial charge is 0.251 e. The molecule has 0 aromatic heterocycles. The van der Waals surface area contributed by atoms with Crippen molar-refractivity contribution < 1.29 is 9.59 Å². The summed E-state index contributed by atoms with van der Waals surface area (Å²) in [6.07, 6.45) is 0.660. The van der Waals surface area contributed by atoms with Gasteiger partial charge in [0, 0.05) is 4.90 Å². The van der Waals surface area contributed by atoms with Gasteiger partial charge in [0.05, 0.1) is 11.6 Å². The Labute approximate surface area is 127 Å². The molecule has 4 heteroatoms. The lowest BCUT2D eigenvalue weighted by Gasteiger charge is -2.19. The van der Waals surface area contributed by atoms with E-state index in [4.69, 9.17) is 0 Å². The number of hydrogen-bond acceptors (Lipinski definition) is 3. The van der Waals surface area contributed by atoms with Crippen LogP contribution in [-0.4, -0.2) is 16.6 Å². The highest BCUT2D eigenvalue weighted by Gasteiger charge is 2.72. The maximum Gasteiger partial charge on any atom is 0.251 e. The Balaban J connectivity index is 1.66. The molecule has 2 aromatic carbocycles. The normalized spacial score (nSPS) is 26.9. The van der Waals surface area contributed by atoms with Crippen LogP contribution in [0.2, 0.25) is 0 Å². The van der Waals surface area contributed by atoms with E-state index in [1.54, 1.807) is 12.1 Å². The summed E-state index contributed by atoms with van der Waals surface area (Å²) < 4.78 is -0.575. The van der Waals surface area contributed by atoms with E-state index in [0.29, 0.717) is 12.1 Å². The monoisotopic (exact) mass is 295 g/mol. The molecule has 1 aliphatic heterocycles. The van der Waals surface area contributed by atoms with Gasteiger partial charge < -0.3 is 0 Å². The zero-order chi connectivity index (χ0) is 14.4. The Kier molecular flexibility index (Phi) is 2.69. The molecule has 4 rings (SSSR count). The van der Waals surface area contributed by atoms with Crippen LogP contribution in [-0.2, 0) is 9.59 Å². The van der Waals surface area contributed by atoms with Crippen LogP contribution in [0.25, 0.3) is 0 Å². The minimum Gasteiger partial charge on any atom is -0.274 e. The third-order valence-electron chi connectivity index (χ3n) is 4.05. The van der Waals surface area contributed by atoms with Crippen molar-refractivity contribution in [2.45, 2.75) is 16.1 Å². The van der Waals surface area contributed by atoms with Crippen molar-refractivity contribution >= 4 is 29.3 Å². The highest BCUT2D eigenvalue weighted by Crippen LogP contribution is 2.62. The quantitative estimate of drug-likeness (QED) is 0.817. The number of hydrogen-bond donors (Lipinski definition) is 0. The topological polar surface area (TPSA) is 37.4 Å². The molecule has 2 fully saturated rings. The number of anilines is 1. The lowest BCUT2D eigenvalue weighted by molar-refractivity contribution is -0.123. The molecule has 2 aliphatic rings. The van der Waals surface area contributed by atoms with Crippen LogP contribution in [0.1, 0.15) is 6.42 Å². The second-order valence-electron chi connectivity index (χ2n) is 5.38. The summed E-state index contributed by atoms with van der Waals surface area (Å²) in [5.41, 5.74) is 0.674. The van der Waals surface area contributed by atoms with Gasteiger partial charge in [0.1, 0.15) is 4.75 Å². The fraction of sp³-hybridized carbons (Fsp3) is 0.176. The van der Waals surface area contributed by atoms with Gasteiger partial charge in [-0.15, -0.1) is 11.8 Å². The summed E-state index contributed by atoms with van der Waals surface area (Å²) in [5.74, 6) is -0.303. The van der Waals surface area contributed by atoms with Crippen LogP contribution in [0.5, 0.6) is 0 Å². The van der Waals surface area contributed by atoms with Gasteiger partial charge in [-0.3, -0.25) is 9.59 Å². The molecule has 0 N–H and O–H groups in total. The molecular weight excluding hydrogens is 282 g/mol. The van der Waals surface area contributed by atoms with E-state index in [-0.39, 0.29) is 17.7 Å². The Bertz CT molecular complexity index is 716. The number of piperidine rings is 1. The zero-order valence-corrected chi connectivity index (χ0v) is 12.0. The lowest BCUT2D eigenvalue weighted by atomic mass is 10.3. The van der Waals surface area contributed by atoms with Gasteiger partial charge in [-0.05, 0) is 30.7 Å². The molecule has 0 bridgehead atoms. The summed E-state index contributed by atoms with van der Waals surface area (Å²) in [7, 11) is 0. The van der Waals surface area contributed by atoms with Crippen LogP contribution in [0, 0.1) is 5.92 Å². The molecule has 0 unspecified atom stereocenters. The maximum atomic E-state index is 12.8. The zero-order valence-electron chi connectivity index (χ0n) is 11.2. The number of thioether (sulfide) groups is 1. The summed E-state index contributed by atoms with van der Waals surface area (Å²) in [5, 5.41) is 0. The number of fused-ring (bicyclic) bond motifs is 1. The van der Waals surface area contributed by atoms with E-state index in [1.165, 1.54) is 16.7 Å². The molecule has 1 aliphatic carbocycles. The van der Waals surface area contributed by atoms with E-state index in [0.717, 1.165) is 4.90 Å². The van der Waals surface area contributed by atoms with Crippen LogP contribution < -0.4 is 4.90 Å². The molecule has 2 atom stereocenters. The van der Waals surface area contributed by atoms with Crippen LogP contribution in [0.15, 0.2) is 65.6 Å². The van der Waals surface area contributed by atoms with Crippen molar-refractivity contribution in [1.29, 1.82) is 0 Å². The molecule has 2 amide bonds. The fourth-order valence-corrected chi connectivity index (χ4v) is 4.27. The summed E-state index contributed by atoms with van der Waals surface area (Å²) in [4.78, 5) is 27.6. The third-order valence-corrected chi connectivity index (χ3v) is 5.55. The number of carbonyl (C=O) groups is 2. The first-order valence-electron chi connectivity index (χ1n) is 6.90. The minimum absolute atomic E-state index is 0.0605. The summed E-state index contributed by atoms with van der Waals surface area (Å²) in [6.45, 7) is 0. The van der Waals surface area contributed by atoms with Crippen molar-refractivity contribution in [3.63, 3.8) is 0 Å². The van der Waals surface area contributed by atoms with E-state index in [9.17, 15) is 9.59 Å². The first-order valence-corrected chi connectivity index (χ1v) is 7.71. The number of amides is 2. The average molecular weight is 295 g/mol. The van der Waals surface area contributed by atoms with Crippen molar-refractivity contribution in [3.05, 3.63) is 60.7 Å².